The molecule has 0 aliphatic carbocycles. The second kappa shape index (κ2) is 12.1. The molecule has 2 aromatic carbocycles. The van der Waals surface area contributed by atoms with Crippen molar-refractivity contribution in [2.45, 2.75) is 31.7 Å². The molecule has 2 atom stereocenters. The first-order valence-corrected chi connectivity index (χ1v) is 11.4. The molecule has 1 heterocycles. The topological polar surface area (TPSA) is 76.1 Å². The largest absolute Gasteiger partial charge is 0.494 e. The Labute approximate surface area is 198 Å². The lowest BCUT2D eigenvalue weighted by atomic mass is 9.87. The Morgan fingerprint density at radius 2 is 1.56 bits per heavy atom. The van der Waals surface area contributed by atoms with Gasteiger partial charge in [-0.05, 0) is 80.3 Å². The van der Waals surface area contributed by atoms with Crippen LogP contribution in [0.3, 0.4) is 0 Å². The molecule has 0 aromatic heterocycles. The van der Waals surface area contributed by atoms with Crippen LogP contribution >= 0.6 is 23.2 Å². The number of carboxylic acids is 1. The quantitative estimate of drug-likeness (QED) is 0.458. The standard InChI is InChI=1S/C24H27Cl2NO5/c25-18-2-6-21(7-3-18)31-13-1-11-27-12-10-17(15-23(27)24(29)30)14-20(28)16-32-22-8-4-19(26)5-9-22/h2-9,17,23H,1,10-16H2,(H,29,30). The van der Waals surface area contributed by atoms with Crippen LogP contribution in [0, 0.1) is 5.92 Å². The number of piperidine rings is 1. The number of ether oxygens (including phenoxy) is 2. The number of benzene rings is 2. The SMILES string of the molecule is O=C(COc1ccc(Cl)cc1)CC1CCN(CCCOc2ccc(Cl)cc2)C(C(=O)O)C1. The van der Waals surface area contributed by atoms with E-state index in [0.29, 0.717) is 54.8 Å². The zero-order valence-corrected chi connectivity index (χ0v) is 19.2. The first-order valence-electron chi connectivity index (χ1n) is 10.7. The minimum absolute atomic E-state index is 0.0262. The van der Waals surface area contributed by atoms with E-state index in [2.05, 4.69) is 0 Å². The summed E-state index contributed by atoms with van der Waals surface area (Å²) in [6.45, 7) is 1.74. The maximum absolute atomic E-state index is 12.3. The molecular formula is C24H27Cl2NO5. The average Bonchev–Trinajstić information content (AvgIpc) is 2.78. The highest BCUT2D eigenvalue weighted by Crippen LogP contribution is 2.27. The number of hydrogen-bond acceptors (Lipinski definition) is 5. The molecule has 1 aliphatic heterocycles. The predicted molar refractivity (Wildman–Crippen MR) is 124 cm³/mol. The summed E-state index contributed by atoms with van der Waals surface area (Å²) in [6.07, 6.45) is 2.28. The van der Waals surface area contributed by atoms with Crippen LogP contribution in [0.2, 0.25) is 10.0 Å². The summed E-state index contributed by atoms with van der Waals surface area (Å²) in [5, 5.41) is 10.9. The van der Waals surface area contributed by atoms with Crippen LogP contribution in [0.5, 0.6) is 11.5 Å². The highest BCUT2D eigenvalue weighted by atomic mass is 35.5. The Kier molecular flexibility index (Phi) is 9.21. The molecule has 3 rings (SSSR count). The highest BCUT2D eigenvalue weighted by Gasteiger charge is 2.33. The Morgan fingerprint density at radius 1 is 0.969 bits per heavy atom. The van der Waals surface area contributed by atoms with Gasteiger partial charge in [-0.15, -0.1) is 0 Å². The lowest BCUT2D eigenvalue weighted by Crippen LogP contribution is -2.48. The molecule has 1 saturated heterocycles. The summed E-state index contributed by atoms with van der Waals surface area (Å²) in [7, 11) is 0. The van der Waals surface area contributed by atoms with Crippen molar-refractivity contribution in [1.29, 1.82) is 0 Å². The Hall–Kier alpha value is -2.28. The Morgan fingerprint density at radius 3 is 2.16 bits per heavy atom. The van der Waals surface area contributed by atoms with Gasteiger partial charge in [-0.1, -0.05) is 23.2 Å². The average molecular weight is 480 g/mol. The maximum Gasteiger partial charge on any atom is 0.320 e. The molecular weight excluding hydrogens is 453 g/mol. The molecule has 6 nitrogen and oxygen atoms in total. The van der Waals surface area contributed by atoms with Crippen LogP contribution in [-0.4, -0.2) is 54.1 Å². The van der Waals surface area contributed by atoms with Gasteiger partial charge in [0.2, 0.25) is 0 Å². The van der Waals surface area contributed by atoms with Gasteiger partial charge in [0.15, 0.2) is 5.78 Å². The first kappa shape index (κ1) is 24.4. The summed E-state index contributed by atoms with van der Waals surface area (Å²) in [4.78, 5) is 26.1. The number of carbonyl (C=O) groups is 2. The molecule has 1 fully saturated rings. The van der Waals surface area contributed by atoms with Gasteiger partial charge in [-0.3, -0.25) is 14.5 Å². The van der Waals surface area contributed by atoms with Crippen molar-refractivity contribution in [3.8, 4) is 11.5 Å². The normalized spacial score (nSPS) is 18.8. The number of halogens is 2. The number of ketones is 1. The molecule has 8 heteroatoms. The highest BCUT2D eigenvalue weighted by molar-refractivity contribution is 6.30. The number of nitrogens with zero attached hydrogens (tertiary/aromatic N) is 1. The minimum atomic E-state index is -0.849. The van der Waals surface area contributed by atoms with E-state index in [0.717, 1.165) is 12.2 Å². The fourth-order valence-electron chi connectivity index (χ4n) is 3.86. The van der Waals surface area contributed by atoms with Gasteiger partial charge in [0.05, 0.1) is 6.61 Å². The van der Waals surface area contributed by atoms with Gasteiger partial charge >= 0.3 is 5.97 Å². The van der Waals surface area contributed by atoms with Crippen molar-refractivity contribution >= 4 is 35.0 Å². The monoisotopic (exact) mass is 479 g/mol. The van der Waals surface area contributed by atoms with Crippen molar-refractivity contribution in [3.63, 3.8) is 0 Å². The summed E-state index contributed by atoms with van der Waals surface area (Å²) in [6, 6.07) is 13.4. The fourth-order valence-corrected chi connectivity index (χ4v) is 4.11. The zero-order chi connectivity index (χ0) is 22.9. The smallest absolute Gasteiger partial charge is 0.320 e. The molecule has 2 aromatic rings. The van der Waals surface area contributed by atoms with Gasteiger partial charge in [0.25, 0.3) is 0 Å². The van der Waals surface area contributed by atoms with Gasteiger partial charge in [0, 0.05) is 23.0 Å². The number of hydrogen-bond donors (Lipinski definition) is 1. The third-order valence-electron chi connectivity index (χ3n) is 5.51. The molecule has 0 radical (unpaired) electrons. The van der Waals surface area contributed by atoms with Crippen LogP contribution in [0.4, 0.5) is 0 Å². The summed E-state index contributed by atoms with van der Waals surface area (Å²) < 4.78 is 11.2. The van der Waals surface area contributed by atoms with Crippen LogP contribution in [0.25, 0.3) is 0 Å². The molecule has 0 saturated carbocycles. The fraction of sp³-hybridized carbons (Fsp3) is 0.417. The van der Waals surface area contributed by atoms with Crippen molar-refractivity contribution in [1.82, 2.24) is 4.90 Å². The summed E-state index contributed by atoms with van der Waals surface area (Å²) in [5.41, 5.74) is 0. The van der Waals surface area contributed by atoms with Crippen molar-refractivity contribution in [3.05, 3.63) is 58.6 Å². The lowest BCUT2D eigenvalue weighted by Gasteiger charge is -2.37. The number of aliphatic carboxylic acids is 1. The van der Waals surface area contributed by atoms with Crippen molar-refractivity contribution in [2.24, 2.45) is 5.92 Å². The van der Waals surface area contributed by atoms with Crippen LogP contribution in [0.15, 0.2) is 48.5 Å². The molecule has 32 heavy (non-hydrogen) atoms. The number of carbonyl (C=O) groups excluding carboxylic acids is 1. The van der Waals surface area contributed by atoms with Crippen LogP contribution < -0.4 is 9.47 Å². The second-order valence-corrected chi connectivity index (χ2v) is 8.79. The van der Waals surface area contributed by atoms with Crippen molar-refractivity contribution in [2.75, 3.05) is 26.3 Å². The molecule has 2 unspecified atom stereocenters. The molecule has 0 amide bonds. The van der Waals surface area contributed by atoms with E-state index in [4.69, 9.17) is 32.7 Å². The second-order valence-electron chi connectivity index (χ2n) is 7.92. The van der Waals surface area contributed by atoms with E-state index in [9.17, 15) is 14.7 Å². The zero-order valence-electron chi connectivity index (χ0n) is 17.7. The summed E-state index contributed by atoms with van der Waals surface area (Å²) in [5.74, 6) is 0.486. The minimum Gasteiger partial charge on any atom is -0.494 e. The number of Topliss-reactive ketones (excluding diaryl/α,β-unsaturated/α-hetero) is 1. The van der Waals surface area contributed by atoms with Crippen LogP contribution in [0.1, 0.15) is 25.7 Å². The molecule has 172 valence electrons. The van der Waals surface area contributed by atoms with Gasteiger partial charge in [0.1, 0.15) is 24.1 Å². The Bertz CT molecular complexity index is 888. The van der Waals surface area contributed by atoms with E-state index >= 15 is 0 Å². The number of likely N-dealkylation sites (tertiary alicyclic amines) is 1. The number of carboxylic acid groups (broad SMARTS) is 1. The van der Waals surface area contributed by atoms with E-state index in [1.165, 1.54) is 0 Å². The molecule has 1 N–H and O–H groups in total. The maximum atomic E-state index is 12.3. The third kappa shape index (κ3) is 7.69. The first-order chi connectivity index (χ1) is 15.4. The lowest BCUT2D eigenvalue weighted by molar-refractivity contribution is -0.146. The van der Waals surface area contributed by atoms with Crippen molar-refractivity contribution < 1.29 is 24.2 Å². The van der Waals surface area contributed by atoms with E-state index in [1.807, 2.05) is 17.0 Å². The number of rotatable bonds is 11. The molecule has 1 aliphatic rings. The predicted octanol–water partition coefficient (Wildman–Crippen LogP) is 4.97. The van der Waals surface area contributed by atoms with Gasteiger partial charge < -0.3 is 14.6 Å². The van der Waals surface area contributed by atoms with Gasteiger partial charge in [-0.2, -0.15) is 0 Å². The third-order valence-corrected chi connectivity index (χ3v) is 6.01. The van der Waals surface area contributed by atoms with E-state index in [1.54, 1.807) is 36.4 Å². The molecule has 0 bridgehead atoms. The van der Waals surface area contributed by atoms with E-state index in [-0.39, 0.29) is 18.3 Å². The molecule has 0 spiro atoms. The summed E-state index contributed by atoms with van der Waals surface area (Å²) >= 11 is 11.7. The van der Waals surface area contributed by atoms with Crippen LogP contribution in [-0.2, 0) is 9.59 Å². The Balaban J connectivity index is 1.40. The van der Waals surface area contributed by atoms with E-state index < -0.39 is 12.0 Å². The van der Waals surface area contributed by atoms with Gasteiger partial charge in [-0.25, -0.2) is 0 Å².